The summed E-state index contributed by atoms with van der Waals surface area (Å²) in [4.78, 5) is 0. The monoisotopic (exact) mass is 302 g/mol. The van der Waals surface area contributed by atoms with E-state index >= 15 is 0 Å². The van der Waals surface area contributed by atoms with Crippen molar-refractivity contribution in [2.24, 2.45) is 0 Å². The Morgan fingerprint density at radius 3 is 2.41 bits per heavy atom. The molecule has 0 fully saturated rings. The van der Waals surface area contributed by atoms with E-state index in [1.807, 2.05) is 24.3 Å². The molecule has 0 radical (unpaired) electrons. The highest BCUT2D eigenvalue weighted by molar-refractivity contribution is 5.28. The summed E-state index contributed by atoms with van der Waals surface area (Å²) in [5.41, 5.74) is 3.83. The molecule has 0 saturated carbocycles. The highest BCUT2D eigenvalue weighted by Gasteiger charge is 2.07. The summed E-state index contributed by atoms with van der Waals surface area (Å²) in [5, 5.41) is 10.2. The van der Waals surface area contributed by atoms with Gasteiger partial charge in [-0.15, -0.1) is 0 Å². The van der Waals surface area contributed by atoms with Crippen LogP contribution in [0.1, 0.15) is 64.5 Å². The van der Waals surface area contributed by atoms with Gasteiger partial charge in [0.05, 0.1) is 13.2 Å². The lowest BCUT2D eigenvalue weighted by molar-refractivity contribution is 0.164. The smallest absolute Gasteiger partial charge is 0.118 e. The summed E-state index contributed by atoms with van der Waals surface area (Å²) >= 11 is 0. The number of methoxy groups -OCH3 is 1. The number of hydrogen-bond acceptors (Lipinski definition) is 2. The standard InChI is InChI=1S/C20H30O2/c1-5-16(2)8-6-9-17(3)10-7-11-20(21)18-12-14-19(22-4)15-13-18/h5,9,12-15,20-21H,6-8,10-11H2,1-4H3/b16-5+,17-9+. The van der Waals surface area contributed by atoms with Crippen LogP contribution >= 0.6 is 0 Å². The van der Waals surface area contributed by atoms with Gasteiger partial charge in [0.1, 0.15) is 5.75 Å². The summed E-state index contributed by atoms with van der Waals surface area (Å²) in [6, 6.07) is 7.67. The van der Waals surface area contributed by atoms with Crippen molar-refractivity contribution < 1.29 is 9.84 Å². The van der Waals surface area contributed by atoms with Crippen molar-refractivity contribution >= 4 is 0 Å². The first-order chi connectivity index (χ1) is 10.6. The van der Waals surface area contributed by atoms with Crippen molar-refractivity contribution in [3.63, 3.8) is 0 Å². The van der Waals surface area contributed by atoms with Crippen LogP contribution in [0.2, 0.25) is 0 Å². The molecular weight excluding hydrogens is 272 g/mol. The van der Waals surface area contributed by atoms with Crippen LogP contribution in [0.15, 0.2) is 47.6 Å². The van der Waals surface area contributed by atoms with E-state index in [2.05, 4.69) is 32.9 Å². The molecule has 22 heavy (non-hydrogen) atoms. The molecule has 0 amide bonds. The van der Waals surface area contributed by atoms with E-state index in [0.717, 1.165) is 43.4 Å². The quantitative estimate of drug-likeness (QED) is 0.602. The molecule has 0 heterocycles. The minimum atomic E-state index is -0.385. The Balaban J connectivity index is 2.31. The predicted molar refractivity (Wildman–Crippen MR) is 94.2 cm³/mol. The van der Waals surface area contributed by atoms with E-state index in [1.165, 1.54) is 11.1 Å². The normalized spacial score (nSPS) is 14.0. The minimum absolute atomic E-state index is 0.385. The molecule has 1 unspecified atom stereocenters. The Morgan fingerprint density at radius 1 is 1.14 bits per heavy atom. The lowest BCUT2D eigenvalue weighted by Gasteiger charge is -2.11. The van der Waals surface area contributed by atoms with Crippen LogP contribution < -0.4 is 4.74 Å². The number of rotatable bonds is 9. The number of benzene rings is 1. The van der Waals surface area contributed by atoms with Gasteiger partial charge in [-0.3, -0.25) is 0 Å². The Hall–Kier alpha value is -1.54. The van der Waals surface area contributed by atoms with Gasteiger partial charge in [0.25, 0.3) is 0 Å². The number of aliphatic hydroxyl groups is 1. The van der Waals surface area contributed by atoms with Crippen LogP contribution in [0, 0.1) is 0 Å². The molecule has 1 aromatic rings. The number of hydrogen-bond donors (Lipinski definition) is 1. The third-order valence-electron chi connectivity index (χ3n) is 4.07. The van der Waals surface area contributed by atoms with Gasteiger partial charge in [0.15, 0.2) is 0 Å². The van der Waals surface area contributed by atoms with E-state index in [1.54, 1.807) is 7.11 Å². The fraction of sp³-hybridized carbons (Fsp3) is 0.500. The van der Waals surface area contributed by atoms with E-state index in [0.29, 0.717) is 0 Å². The summed E-state index contributed by atoms with van der Waals surface area (Å²) < 4.78 is 5.13. The molecule has 1 rings (SSSR count). The van der Waals surface area contributed by atoms with Crippen LogP contribution in [-0.4, -0.2) is 12.2 Å². The number of ether oxygens (including phenoxy) is 1. The molecule has 0 bridgehead atoms. The summed E-state index contributed by atoms with van der Waals surface area (Å²) in [5.74, 6) is 0.825. The molecular formula is C20H30O2. The summed E-state index contributed by atoms with van der Waals surface area (Å²) in [6.45, 7) is 6.45. The van der Waals surface area contributed by atoms with Gasteiger partial charge in [-0.1, -0.05) is 35.4 Å². The van der Waals surface area contributed by atoms with Gasteiger partial charge >= 0.3 is 0 Å². The lowest BCUT2D eigenvalue weighted by Crippen LogP contribution is -1.97. The van der Waals surface area contributed by atoms with E-state index in [9.17, 15) is 5.11 Å². The van der Waals surface area contributed by atoms with E-state index in [4.69, 9.17) is 4.74 Å². The van der Waals surface area contributed by atoms with Crippen molar-refractivity contribution in [2.45, 2.75) is 59.0 Å². The number of allylic oxidation sites excluding steroid dienone is 4. The lowest BCUT2D eigenvalue weighted by atomic mass is 10.0. The van der Waals surface area contributed by atoms with E-state index < -0.39 is 0 Å². The maximum atomic E-state index is 10.2. The third-order valence-corrected chi connectivity index (χ3v) is 4.07. The average Bonchev–Trinajstić information content (AvgIpc) is 2.54. The Labute approximate surface area is 135 Å². The van der Waals surface area contributed by atoms with E-state index in [-0.39, 0.29) is 6.10 Å². The van der Waals surface area contributed by atoms with Crippen molar-refractivity contribution in [3.05, 3.63) is 53.1 Å². The second-order valence-corrected chi connectivity index (χ2v) is 5.91. The predicted octanol–water partition coefficient (Wildman–Crippen LogP) is 5.59. The molecule has 0 aliphatic carbocycles. The van der Waals surface area contributed by atoms with Gasteiger partial charge in [0.2, 0.25) is 0 Å². The Morgan fingerprint density at radius 2 is 1.82 bits per heavy atom. The topological polar surface area (TPSA) is 29.5 Å². The molecule has 0 spiro atoms. The molecule has 122 valence electrons. The Bertz CT molecular complexity index is 483. The van der Waals surface area contributed by atoms with Crippen LogP contribution in [0.3, 0.4) is 0 Å². The fourth-order valence-corrected chi connectivity index (χ4v) is 2.36. The molecule has 1 N–H and O–H groups in total. The zero-order chi connectivity index (χ0) is 16.4. The summed E-state index contributed by atoms with van der Waals surface area (Å²) in [7, 11) is 1.65. The summed E-state index contributed by atoms with van der Waals surface area (Å²) in [6.07, 6.45) is 9.24. The second kappa shape index (κ2) is 10.2. The van der Waals surface area contributed by atoms with Crippen LogP contribution in [0.25, 0.3) is 0 Å². The maximum absolute atomic E-state index is 10.2. The molecule has 0 saturated heterocycles. The molecule has 1 atom stereocenters. The molecule has 2 nitrogen and oxygen atoms in total. The second-order valence-electron chi connectivity index (χ2n) is 5.91. The highest BCUT2D eigenvalue weighted by atomic mass is 16.5. The van der Waals surface area contributed by atoms with Gasteiger partial charge in [-0.25, -0.2) is 0 Å². The fourth-order valence-electron chi connectivity index (χ4n) is 2.36. The van der Waals surface area contributed by atoms with Crippen LogP contribution in [-0.2, 0) is 0 Å². The van der Waals surface area contributed by atoms with Crippen molar-refractivity contribution in [3.8, 4) is 5.75 Å². The first kappa shape index (κ1) is 18.5. The SMILES string of the molecule is C/C=C(\C)CC/C=C(\C)CCCC(O)c1ccc(OC)cc1. The molecule has 0 aliphatic rings. The van der Waals surface area contributed by atoms with Crippen molar-refractivity contribution in [2.75, 3.05) is 7.11 Å². The largest absolute Gasteiger partial charge is 0.497 e. The van der Waals surface area contributed by atoms with Gasteiger partial charge in [-0.05, 0) is 70.6 Å². The van der Waals surface area contributed by atoms with Gasteiger partial charge in [0, 0.05) is 0 Å². The first-order valence-electron chi connectivity index (χ1n) is 8.16. The first-order valence-corrected chi connectivity index (χ1v) is 8.16. The third kappa shape index (κ3) is 6.95. The Kier molecular flexibility index (Phi) is 8.61. The number of aliphatic hydroxyl groups excluding tert-OH is 1. The average molecular weight is 302 g/mol. The minimum Gasteiger partial charge on any atom is -0.497 e. The van der Waals surface area contributed by atoms with Crippen molar-refractivity contribution in [1.29, 1.82) is 0 Å². The molecule has 2 heteroatoms. The van der Waals surface area contributed by atoms with Crippen LogP contribution in [0.5, 0.6) is 5.75 Å². The molecule has 0 aromatic heterocycles. The van der Waals surface area contributed by atoms with Gasteiger partial charge in [-0.2, -0.15) is 0 Å². The van der Waals surface area contributed by atoms with Crippen LogP contribution in [0.4, 0.5) is 0 Å². The maximum Gasteiger partial charge on any atom is 0.118 e. The van der Waals surface area contributed by atoms with Crippen molar-refractivity contribution in [1.82, 2.24) is 0 Å². The molecule has 0 aliphatic heterocycles. The zero-order valence-corrected chi connectivity index (χ0v) is 14.4. The highest BCUT2D eigenvalue weighted by Crippen LogP contribution is 2.23. The zero-order valence-electron chi connectivity index (χ0n) is 14.4. The molecule has 1 aromatic carbocycles. The van der Waals surface area contributed by atoms with Gasteiger partial charge < -0.3 is 9.84 Å².